The maximum Gasteiger partial charge on any atom is 0.416 e. The number of carbonyl (C=O) groups is 1. The smallest absolute Gasteiger partial charge is 0.416 e. The molecule has 1 fully saturated rings. The van der Waals surface area contributed by atoms with Gasteiger partial charge in [-0.1, -0.05) is 6.07 Å². The van der Waals surface area contributed by atoms with Crippen LogP contribution in [0.15, 0.2) is 47.4 Å². The van der Waals surface area contributed by atoms with Gasteiger partial charge in [0, 0.05) is 31.7 Å². The lowest BCUT2D eigenvalue weighted by Crippen LogP contribution is -2.50. The van der Waals surface area contributed by atoms with E-state index in [1.165, 1.54) is 12.0 Å². The normalized spacial score (nSPS) is 15.5. The summed E-state index contributed by atoms with van der Waals surface area (Å²) < 4.78 is 76.3. The fraction of sp³-hybridized carbons (Fsp3) is 0.381. The highest BCUT2D eigenvalue weighted by Crippen LogP contribution is 2.32. The minimum Gasteiger partial charge on any atom is -0.493 e. The lowest BCUT2D eigenvalue weighted by molar-refractivity contribution is -0.137. The average Bonchev–Trinajstić information content (AvgIpc) is 2.78. The van der Waals surface area contributed by atoms with Gasteiger partial charge in [-0.3, -0.25) is 4.79 Å². The zero-order chi connectivity index (χ0) is 23.5. The van der Waals surface area contributed by atoms with Gasteiger partial charge < -0.3 is 14.4 Å². The highest BCUT2D eigenvalue weighted by atomic mass is 32.2. The summed E-state index contributed by atoms with van der Waals surface area (Å²) in [5, 5.41) is 0. The third-order valence-corrected chi connectivity index (χ3v) is 6.93. The molecule has 11 heteroatoms. The number of amides is 1. The summed E-state index contributed by atoms with van der Waals surface area (Å²) in [6.07, 6.45) is -4.64. The fourth-order valence-electron chi connectivity index (χ4n) is 3.37. The summed E-state index contributed by atoms with van der Waals surface area (Å²) in [5.74, 6) is 0.606. The van der Waals surface area contributed by atoms with E-state index in [9.17, 15) is 26.4 Å². The maximum absolute atomic E-state index is 13.0. The molecule has 0 radical (unpaired) electrons. The number of ether oxygens (including phenoxy) is 2. The molecule has 0 N–H and O–H groups in total. The van der Waals surface area contributed by atoms with Crippen molar-refractivity contribution in [3.63, 3.8) is 0 Å². The summed E-state index contributed by atoms with van der Waals surface area (Å²) in [4.78, 5) is 13.9. The van der Waals surface area contributed by atoms with Gasteiger partial charge in [-0.25, -0.2) is 8.42 Å². The van der Waals surface area contributed by atoms with Crippen LogP contribution in [0.2, 0.25) is 0 Å². The fourth-order valence-corrected chi connectivity index (χ4v) is 4.84. The summed E-state index contributed by atoms with van der Waals surface area (Å²) in [6, 6.07) is 8.42. The predicted octanol–water partition coefficient (Wildman–Crippen LogP) is 3.26. The minimum absolute atomic E-state index is 0.0293. The highest BCUT2D eigenvalue weighted by Gasteiger charge is 2.34. The molecular weight excluding hydrogens is 449 g/mol. The van der Waals surface area contributed by atoms with Crippen LogP contribution in [-0.2, 0) is 16.2 Å². The lowest BCUT2D eigenvalue weighted by Gasteiger charge is -2.34. The van der Waals surface area contributed by atoms with Crippen molar-refractivity contribution in [1.82, 2.24) is 9.21 Å². The first-order valence-corrected chi connectivity index (χ1v) is 11.3. The predicted molar refractivity (Wildman–Crippen MR) is 110 cm³/mol. The lowest BCUT2D eigenvalue weighted by atomic mass is 10.1. The van der Waals surface area contributed by atoms with E-state index in [0.717, 1.165) is 22.5 Å². The van der Waals surface area contributed by atoms with Gasteiger partial charge in [-0.2, -0.15) is 17.5 Å². The topological polar surface area (TPSA) is 76.2 Å². The molecule has 2 aromatic rings. The van der Waals surface area contributed by atoms with E-state index < -0.39 is 26.7 Å². The quantitative estimate of drug-likeness (QED) is 0.645. The van der Waals surface area contributed by atoms with Gasteiger partial charge in [-0.15, -0.1) is 0 Å². The van der Waals surface area contributed by atoms with Crippen LogP contribution in [-0.4, -0.2) is 63.4 Å². The van der Waals surface area contributed by atoms with Crippen molar-refractivity contribution in [3.8, 4) is 11.5 Å². The molecular formula is C21H23F3N2O5S. The molecule has 0 spiro atoms. The van der Waals surface area contributed by atoms with E-state index in [1.54, 1.807) is 18.2 Å². The largest absolute Gasteiger partial charge is 0.493 e. The van der Waals surface area contributed by atoms with Crippen LogP contribution in [0.25, 0.3) is 0 Å². The van der Waals surface area contributed by atoms with Gasteiger partial charge >= 0.3 is 6.18 Å². The molecule has 1 saturated heterocycles. The van der Waals surface area contributed by atoms with Crippen molar-refractivity contribution in [1.29, 1.82) is 0 Å². The van der Waals surface area contributed by atoms with Crippen molar-refractivity contribution >= 4 is 15.9 Å². The molecule has 0 aliphatic carbocycles. The Hall–Kier alpha value is -2.79. The summed E-state index contributed by atoms with van der Waals surface area (Å²) in [6.45, 7) is 2.41. The summed E-state index contributed by atoms with van der Waals surface area (Å²) in [5.41, 5.74) is -0.670. The van der Waals surface area contributed by atoms with Crippen molar-refractivity contribution in [2.75, 3.05) is 39.9 Å². The standard InChI is InChI=1S/C21H23F3N2O5S/c1-3-31-18-8-7-15(13-19(18)30-2)20(27)25-9-11-26(12-10-25)32(28,29)17-6-4-5-16(14-17)21(22,23)24/h4-8,13-14H,3,9-12H2,1-2H3. The highest BCUT2D eigenvalue weighted by molar-refractivity contribution is 7.89. The van der Waals surface area contributed by atoms with Gasteiger partial charge in [0.1, 0.15) is 0 Å². The van der Waals surface area contributed by atoms with E-state index in [1.807, 2.05) is 6.92 Å². The van der Waals surface area contributed by atoms with Crippen molar-refractivity contribution in [2.45, 2.75) is 18.0 Å². The van der Waals surface area contributed by atoms with Gasteiger partial charge in [0.25, 0.3) is 5.91 Å². The number of rotatable bonds is 6. The monoisotopic (exact) mass is 472 g/mol. The van der Waals surface area contributed by atoms with E-state index in [2.05, 4.69) is 0 Å². The number of nitrogens with zero attached hydrogens (tertiary/aromatic N) is 2. The molecule has 1 aliphatic heterocycles. The average molecular weight is 472 g/mol. The zero-order valence-corrected chi connectivity index (χ0v) is 18.4. The number of piperazine rings is 1. The van der Waals surface area contributed by atoms with E-state index in [-0.39, 0.29) is 32.1 Å². The Labute approximate surface area is 184 Å². The number of methoxy groups -OCH3 is 1. The summed E-state index contributed by atoms with van der Waals surface area (Å²) in [7, 11) is -2.66. The molecule has 0 unspecified atom stereocenters. The third kappa shape index (κ3) is 4.99. The van der Waals surface area contributed by atoms with Crippen LogP contribution in [0.4, 0.5) is 13.2 Å². The number of hydrogen-bond acceptors (Lipinski definition) is 5. The molecule has 2 aromatic carbocycles. The molecule has 0 saturated carbocycles. The second kappa shape index (κ2) is 9.37. The van der Waals surface area contributed by atoms with Gasteiger partial charge in [0.2, 0.25) is 10.0 Å². The molecule has 32 heavy (non-hydrogen) atoms. The molecule has 1 aliphatic rings. The number of hydrogen-bond donors (Lipinski definition) is 0. The molecule has 1 amide bonds. The molecule has 1 heterocycles. The molecule has 0 aromatic heterocycles. The van der Waals surface area contributed by atoms with E-state index >= 15 is 0 Å². The first-order valence-electron chi connectivity index (χ1n) is 9.85. The Bertz CT molecular complexity index is 1080. The van der Waals surface area contributed by atoms with E-state index in [4.69, 9.17) is 9.47 Å². The Kier molecular flexibility index (Phi) is 6.99. The minimum atomic E-state index is -4.64. The third-order valence-electron chi connectivity index (χ3n) is 5.04. The van der Waals surface area contributed by atoms with Crippen molar-refractivity contribution in [2.24, 2.45) is 0 Å². The molecule has 3 rings (SSSR count). The Morgan fingerprint density at radius 1 is 1.03 bits per heavy atom. The molecule has 7 nitrogen and oxygen atoms in total. The maximum atomic E-state index is 13.0. The van der Waals surface area contributed by atoms with Crippen LogP contribution in [0, 0.1) is 0 Å². The molecule has 174 valence electrons. The number of halogens is 3. The molecule has 0 atom stereocenters. The second-order valence-electron chi connectivity index (χ2n) is 7.02. The first kappa shape index (κ1) is 23.9. The zero-order valence-electron chi connectivity index (χ0n) is 17.6. The Balaban J connectivity index is 1.71. The Morgan fingerprint density at radius 2 is 1.72 bits per heavy atom. The summed E-state index contributed by atoms with van der Waals surface area (Å²) >= 11 is 0. The number of carbonyl (C=O) groups excluding carboxylic acids is 1. The number of sulfonamides is 1. The van der Waals surface area contributed by atoms with Gasteiger partial charge in [-0.05, 0) is 43.3 Å². The van der Waals surface area contributed by atoms with Crippen LogP contribution in [0.1, 0.15) is 22.8 Å². The number of alkyl halides is 3. The van der Waals surface area contributed by atoms with Gasteiger partial charge in [0.05, 0.1) is 24.2 Å². The van der Waals surface area contributed by atoms with Crippen LogP contribution in [0.3, 0.4) is 0 Å². The van der Waals surface area contributed by atoms with Crippen molar-refractivity contribution < 1.29 is 35.9 Å². The SMILES string of the molecule is CCOc1ccc(C(=O)N2CCN(S(=O)(=O)c3cccc(C(F)(F)F)c3)CC2)cc1OC. The van der Waals surface area contributed by atoms with E-state index in [0.29, 0.717) is 29.7 Å². The number of benzene rings is 2. The second-order valence-corrected chi connectivity index (χ2v) is 8.96. The van der Waals surface area contributed by atoms with Crippen LogP contribution in [0.5, 0.6) is 11.5 Å². The van der Waals surface area contributed by atoms with Crippen LogP contribution < -0.4 is 9.47 Å². The van der Waals surface area contributed by atoms with Crippen LogP contribution >= 0.6 is 0 Å². The first-order chi connectivity index (χ1) is 15.1. The molecule has 0 bridgehead atoms. The van der Waals surface area contributed by atoms with Crippen molar-refractivity contribution in [3.05, 3.63) is 53.6 Å². The van der Waals surface area contributed by atoms with Gasteiger partial charge in [0.15, 0.2) is 11.5 Å². The Morgan fingerprint density at radius 3 is 2.31 bits per heavy atom.